The van der Waals surface area contributed by atoms with E-state index in [2.05, 4.69) is 51.7 Å². The van der Waals surface area contributed by atoms with Crippen molar-refractivity contribution in [3.63, 3.8) is 0 Å². The summed E-state index contributed by atoms with van der Waals surface area (Å²) in [5.74, 6) is 1.16. The Labute approximate surface area is 152 Å². The molecule has 24 heavy (non-hydrogen) atoms. The van der Waals surface area contributed by atoms with E-state index in [0.717, 1.165) is 24.9 Å². The Kier molecular flexibility index (Phi) is 3.61. The smallest absolute Gasteiger partial charge is 0.245 e. The number of benzene rings is 1. The molecule has 3 saturated carbocycles. The maximum atomic E-state index is 12.9. The molecule has 0 heterocycles. The van der Waals surface area contributed by atoms with Crippen molar-refractivity contribution in [2.45, 2.75) is 55.9 Å². The molecule has 1 aromatic carbocycles. The van der Waals surface area contributed by atoms with Gasteiger partial charge >= 0.3 is 0 Å². The number of hydrogen-bond donors (Lipinski definition) is 2. The largest absolute Gasteiger partial charge is 0.372 e. The second-order valence-corrected chi connectivity index (χ2v) is 9.98. The van der Waals surface area contributed by atoms with Gasteiger partial charge in [-0.05, 0) is 52.2 Å². The number of aryl methyl sites for hydroxylation is 1. The number of fused-ring (bicyclic) bond motifs is 1. The number of allylic oxidation sites excluding steroid dienone is 1. The molecule has 3 fully saturated rings. The molecule has 6 rings (SSSR count). The Bertz CT molecular complexity index is 691. The van der Waals surface area contributed by atoms with Gasteiger partial charge in [0.1, 0.15) is 5.54 Å². The van der Waals surface area contributed by atoms with Gasteiger partial charge in [0.2, 0.25) is 5.91 Å². The lowest BCUT2D eigenvalue weighted by molar-refractivity contribution is -0.127. The van der Waals surface area contributed by atoms with Crippen LogP contribution in [0, 0.1) is 18.8 Å². The SMILES string of the molecule is Cc1ccc(NC(C)(C)C(=O)NC2[C@@H]3CC4(Br)CC=C3[C@@H]2C4)cc1. The van der Waals surface area contributed by atoms with Gasteiger partial charge in [0, 0.05) is 27.9 Å². The van der Waals surface area contributed by atoms with Crippen LogP contribution < -0.4 is 10.6 Å². The number of carbonyl (C=O) groups is 1. The van der Waals surface area contributed by atoms with E-state index in [-0.39, 0.29) is 5.91 Å². The van der Waals surface area contributed by atoms with E-state index in [4.69, 9.17) is 0 Å². The van der Waals surface area contributed by atoms with Crippen molar-refractivity contribution in [3.05, 3.63) is 41.5 Å². The third kappa shape index (κ3) is 2.59. The van der Waals surface area contributed by atoms with E-state index in [1.165, 1.54) is 5.56 Å². The fourth-order valence-corrected chi connectivity index (χ4v) is 5.43. The van der Waals surface area contributed by atoms with Crippen LogP contribution in [-0.2, 0) is 4.79 Å². The van der Waals surface area contributed by atoms with E-state index in [0.29, 0.717) is 22.2 Å². The number of anilines is 1. The summed E-state index contributed by atoms with van der Waals surface area (Å²) in [7, 11) is 0. The molecule has 0 aliphatic heterocycles. The monoisotopic (exact) mass is 388 g/mol. The molecule has 0 radical (unpaired) electrons. The molecule has 0 aromatic heterocycles. The molecule has 1 aromatic rings. The summed E-state index contributed by atoms with van der Waals surface area (Å²) in [6.07, 6.45) is 5.87. The molecule has 0 spiro atoms. The summed E-state index contributed by atoms with van der Waals surface area (Å²) >= 11 is 3.92. The highest BCUT2D eigenvalue weighted by atomic mass is 79.9. The summed E-state index contributed by atoms with van der Waals surface area (Å²) in [5, 5.41) is 6.70. The van der Waals surface area contributed by atoms with E-state index < -0.39 is 5.54 Å². The van der Waals surface area contributed by atoms with Gasteiger partial charge in [-0.1, -0.05) is 45.3 Å². The summed E-state index contributed by atoms with van der Waals surface area (Å²) in [6.45, 7) is 5.97. The summed E-state index contributed by atoms with van der Waals surface area (Å²) in [6, 6.07) is 8.49. The third-order valence-corrected chi connectivity index (χ3v) is 6.94. The first-order valence-electron chi connectivity index (χ1n) is 8.82. The fourth-order valence-electron chi connectivity index (χ4n) is 4.57. The number of alkyl halides is 1. The standard InChI is InChI=1S/C20H25BrN2O/c1-12-4-6-13(7-5-12)23-19(2,3)18(24)22-17-15-10-20(21)9-8-14(15)16(17)11-20/h4-8,15-17,23H,9-11H2,1-3H3,(H,22,24)/t15-,16+,17?,20?. The Morgan fingerprint density at radius 1 is 1.21 bits per heavy atom. The minimum Gasteiger partial charge on any atom is -0.372 e. The zero-order chi connectivity index (χ0) is 17.1. The number of amides is 1. The molecule has 2 unspecified atom stereocenters. The van der Waals surface area contributed by atoms with Crippen LogP contribution in [0.2, 0.25) is 0 Å². The Hall–Kier alpha value is -1.29. The summed E-state index contributed by atoms with van der Waals surface area (Å²) in [5.41, 5.74) is 3.16. The maximum Gasteiger partial charge on any atom is 0.245 e. The number of hydrogen-bond acceptors (Lipinski definition) is 2. The molecule has 4 atom stereocenters. The predicted octanol–water partition coefficient (Wildman–Crippen LogP) is 4.17. The molecular formula is C20H25BrN2O. The van der Waals surface area contributed by atoms with E-state index in [9.17, 15) is 4.79 Å². The molecule has 1 amide bonds. The van der Waals surface area contributed by atoms with Gasteiger partial charge < -0.3 is 10.6 Å². The van der Waals surface area contributed by atoms with E-state index >= 15 is 0 Å². The maximum absolute atomic E-state index is 12.9. The van der Waals surface area contributed by atoms with Crippen molar-refractivity contribution in [2.24, 2.45) is 11.8 Å². The molecule has 5 aliphatic rings. The van der Waals surface area contributed by atoms with Crippen molar-refractivity contribution < 1.29 is 4.79 Å². The number of carbonyl (C=O) groups excluding carboxylic acids is 1. The van der Waals surface area contributed by atoms with Crippen LogP contribution in [0.5, 0.6) is 0 Å². The van der Waals surface area contributed by atoms with Crippen LogP contribution in [0.15, 0.2) is 35.9 Å². The quantitative estimate of drug-likeness (QED) is 0.599. The van der Waals surface area contributed by atoms with E-state index in [1.807, 2.05) is 26.0 Å². The lowest BCUT2D eigenvalue weighted by atomic mass is 9.50. The summed E-state index contributed by atoms with van der Waals surface area (Å²) in [4.78, 5) is 12.9. The van der Waals surface area contributed by atoms with Crippen molar-refractivity contribution in [2.75, 3.05) is 5.32 Å². The normalized spacial score (nSPS) is 33.5. The van der Waals surface area contributed by atoms with Gasteiger partial charge in [-0.3, -0.25) is 4.79 Å². The molecule has 128 valence electrons. The minimum atomic E-state index is -0.626. The predicted molar refractivity (Wildman–Crippen MR) is 101 cm³/mol. The van der Waals surface area contributed by atoms with Gasteiger partial charge in [0.05, 0.1) is 0 Å². The van der Waals surface area contributed by atoms with Gasteiger partial charge in [-0.25, -0.2) is 0 Å². The van der Waals surface area contributed by atoms with Crippen molar-refractivity contribution in [3.8, 4) is 0 Å². The van der Waals surface area contributed by atoms with Crippen molar-refractivity contribution >= 4 is 27.5 Å². The van der Waals surface area contributed by atoms with Crippen LogP contribution in [0.25, 0.3) is 0 Å². The first-order valence-corrected chi connectivity index (χ1v) is 9.61. The van der Waals surface area contributed by atoms with Gasteiger partial charge in [-0.2, -0.15) is 0 Å². The third-order valence-electron chi connectivity index (χ3n) is 5.97. The molecule has 4 bridgehead atoms. The minimum absolute atomic E-state index is 0.0878. The Morgan fingerprint density at radius 3 is 2.42 bits per heavy atom. The zero-order valence-electron chi connectivity index (χ0n) is 14.5. The van der Waals surface area contributed by atoms with Gasteiger partial charge in [0.25, 0.3) is 0 Å². The van der Waals surface area contributed by atoms with Gasteiger partial charge in [0.15, 0.2) is 0 Å². The lowest BCUT2D eigenvalue weighted by Gasteiger charge is -2.61. The molecule has 3 nitrogen and oxygen atoms in total. The van der Waals surface area contributed by atoms with Crippen molar-refractivity contribution in [1.29, 1.82) is 0 Å². The second-order valence-electron chi connectivity index (χ2n) is 8.30. The molecular weight excluding hydrogens is 364 g/mol. The first-order chi connectivity index (χ1) is 11.3. The van der Waals surface area contributed by atoms with E-state index in [1.54, 1.807) is 5.57 Å². The molecule has 2 N–H and O–H groups in total. The average molecular weight is 389 g/mol. The fraction of sp³-hybridized carbons (Fsp3) is 0.550. The Morgan fingerprint density at radius 2 is 1.83 bits per heavy atom. The van der Waals surface area contributed by atoms with Gasteiger partial charge in [-0.15, -0.1) is 0 Å². The molecule has 4 heteroatoms. The Balaban J connectivity index is 1.42. The van der Waals surface area contributed by atoms with Crippen molar-refractivity contribution in [1.82, 2.24) is 5.32 Å². The summed E-state index contributed by atoms with van der Waals surface area (Å²) < 4.78 is 0.293. The van der Waals surface area contributed by atoms with Crippen LogP contribution in [0.3, 0.4) is 0 Å². The lowest BCUT2D eigenvalue weighted by Crippen LogP contribution is -2.66. The topological polar surface area (TPSA) is 41.1 Å². The average Bonchev–Trinajstić information content (AvgIpc) is 2.53. The zero-order valence-corrected chi connectivity index (χ0v) is 16.1. The first kappa shape index (κ1) is 16.2. The van der Waals surface area contributed by atoms with Crippen LogP contribution in [0.1, 0.15) is 38.7 Å². The second kappa shape index (κ2) is 5.35. The van der Waals surface area contributed by atoms with Crippen LogP contribution in [-0.4, -0.2) is 21.8 Å². The van der Waals surface area contributed by atoms with Crippen LogP contribution >= 0.6 is 15.9 Å². The number of halogens is 1. The highest BCUT2D eigenvalue weighted by molar-refractivity contribution is 9.10. The molecule has 5 aliphatic carbocycles. The molecule has 0 saturated heterocycles. The van der Waals surface area contributed by atoms with Crippen LogP contribution in [0.4, 0.5) is 5.69 Å². The highest BCUT2D eigenvalue weighted by Gasteiger charge is 2.58. The number of rotatable bonds is 4. The number of nitrogens with one attached hydrogen (secondary N) is 2. The highest BCUT2D eigenvalue weighted by Crippen LogP contribution is 2.61.